The van der Waals surface area contributed by atoms with E-state index in [2.05, 4.69) is 21.9 Å². The Hall–Kier alpha value is -2.44. The van der Waals surface area contributed by atoms with E-state index >= 15 is 0 Å². The average molecular weight is 341 g/mol. The molecule has 0 unspecified atom stereocenters. The number of amides is 1. The molecule has 124 valence electrons. The Bertz CT molecular complexity index is 693. The van der Waals surface area contributed by atoms with Crippen LogP contribution in [0.2, 0.25) is 0 Å². The molecule has 0 aliphatic rings. The van der Waals surface area contributed by atoms with E-state index in [1.165, 1.54) is 0 Å². The lowest BCUT2D eigenvalue weighted by atomic mass is 10.1. The zero-order valence-electron chi connectivity index (χ0n) is 13.2. The van der Waals surface area contributed by atoms with E-state index in [-0.39, 0.29) is 18.6 Å². The van der Waals surface area contributed by atoms with Crippen LogP contribution in [0.5, 0.6) is 0 Å². The van der Waals surface area contributed by atoms with Crippen molar-refractivity contribution in [2.75, 3.05) is 13.2 Å². The smallest absolute Gasteiger partial charge is 0.246 e. The molecule has 0 spiro atoms. The number of nitrogens with one attached hydrogen (secondary N) is 1. The predicted octanol–water partition coefficient (Wildman–Crippen LogP) is 2.87. The van der Waals surface area contributed by atoms with E-state index in [0.717, 1.165) is 11.1 Å². The van der Waals surface area contributed by atoms with Gasteiger partial charge < -0.3 is 10.1 Å². The molecule has 24 heavy (non-hydrogen) atoms. The molecule has 2 aromatic heterocycles. The summed E-state index contributed by atoms with van der Waals surface area (Å²) in [6.45, 7) is 0.956. The Kier molecular flexibility index (Phi) is 5.76. The summed E-state index contributed by atoms with van der Waals surface area (Å²) in [4.78, 5) is 12.0. The molecule has 0 aliphatic heterocycles. The van der Waals surface area contributed by atoms with Crippen LogP contribution in [0.25, 0.3) is 0 Å². The van der Waals surface area contributed by atoms with Gasteiger partial charge in [-0.3, -0.25) is 9.48 Å². The standard InChI is InChI=1S/C18H19N3O2S/c22-18(13-23-12-15-5-2-1-3-6-15)19-11-17(16-7-10-24-14-16)21-9-4-8-20-21/h1-10,14,17H,11-13H2,(H,19,22)/t17-/m1/s1. The Labute approximate surface area is 144 Å². The van der Waals surface area contributed by atoms with Gasteiger partial charge in [0.1, 0.15) is 6.61 Å². The van der Waals surface area contributed by atoms with E-state index in [1.807, 2.05) is 52.7 Å². The second kappa shape index (κ2) is 8.42. The maximum absolute atomic E-state index is 12.0. The van der Waals surface area contributed by atoms with Crippen molar-refractivity contribution in [3.05, 3.63) is 76.7 Å². The maximum atomic E-state index is 12.0. The minimum atomic E-state index is -0.127. The number of nitrogens with zero attached hydrogens (tertiary/aromatic N) is 2. The second-order valence-electron chi connectivity index (χ2n) is 5.34. The predicted molar refractivity (Wildman–Crippen MR) is 93.8 cm³/mol. The number of rotatable bonds is 8. The number of thiophene rings is 1. The van der Waals surface area contributed by atoms with Gasteiger partial charge in [0.2, 0.25) is 5.91 Å². The van der Waals surface area contributed by atoms with Crippen molar-refractivity contribution in [2.45, 2.75) is 12.6 Å². The third-order valence-corrected chi connectivity index (χ3v) is 4.31. The molecule has 0 bridgehead atoms. The van der Waals surface area contributed by atoms with Crippen molar-refractivity contribution >= 4 is 17.2 Å². The molecule has 1 N–H and O–H groups in total. The number of carbonyl (C=O) groups excluding carboxylic acids is 1. The summed E-state index contributed by atoms with van der Waals surface area (Å²) >= 11 is 1.63. The first-order valence-electron chi connectivity index (χ1n) is 7.72. The highest BCUT2D eigenvalue weighted by Crippen LogP contribution is 2.19. The fraction of sp³-hybridized carbons (Fsp3) is 0.222. The summed E-state index contributed by atoms with van der Waals surface area (Å²) in [6.07, 6.45) is 3.64. The van der Waals surface area contributed by atoms with Gasteiger partial charge in [-0.25, -0.2) is 0 Å². The monoisotopic (exact) mass is 341 g/mol. The number of benzene rings is 1. The third-order valence-electron chi connectivity index (χ3n) is 3.61. The zero-order valence-corrected chi connectivity index (χ0v) is 14.0. The van der Waals surface area contributed by atoms with Crippen LogP contribution in [0.1, 0.15) is 17.2 Å². The van der Waals surface area contributed by atoms with Crippen molar-refractivity contribution in [1.82, 2.24) is 15.1 Å². The van der Waals surface area contributed by atoms with Crippen molar-refractivity contribution in [3.8, 4) is 0 Å². The van der Waals surface area contributed by atoms with Crippen molar-refractivity contribution in [3.63, 3.8) is 0 Å². The fourth-order valence-corrected chi connectivity index (χ4v) is 3.10. The lowest BCUT2D eigenvalue weighted by Gasteiger charge is -2.17. The van der Waals surface area contributed by atoms with Gasteiger partial charge in [0.15, 0.2) is 0 Å². The summed E-state index contributed by atoms with van der Waals surface area (Å²) in [5, 5.41) is 11.3. The summed E-state index contributed by atoms with van der Waals surface area (Å²) in [6, 6.07) is 13.7. The summed E-state index contributed by atoms with van der Waals surface area (Å²) in [7, 11) is 0. The third kappa shape index (κ3) is 4.53. The average Bonchev–Trinajstić information content (AvgIpc) is 3.30. The number of aromatic nitrogens is 2. The maximum Gasteiger partial charge on any atom is 0.246 e. The van der Waals surface area contributed by atoms with Gasteiger partial charge in [0.25, 0.3) is 0 Å². The first kappa shape index (κ1) is 16.4. The number of hydrogen-bond donors (Lipinski definition) is 1. The largest absolute Gasteiger partial charge is 0.367 e. The summed E-state index contributed by atoms with van der Waals surface area (Å²) < 4.78 is 7.32. The van der Waals surface area contributed by atoms with E-state index in [0.29, 0.717) is 13.2 Å². The number of carbonyl (C=O) groups is 1. The second-order valence-corrected chi connectivity index (χ2v) is 6.12. The van der Waals surface area contributed by atoms with Crippen LogP contribution in [0, 0.1) is 0 Å². The molecule has 0 saturated carbocycles. The van der Waals surface area contributed by atoms with Gasteiger partial charge in [-0.2, -0.15) is 16.4 Å². The van der Waals surface area contributed by atoms with Crippen molar-refractivity contribution < 1.29 is 9.53 Å². The minimum absolute atomic E-state index is 0.00989. The molecule has 5 nitrogen and oxygen atoms in total. The first-order valence-corrected chi connectivity index (χ1v) is 8.67. The van der Waals surface area contributed by atoms with Crippen LogP contribution in [-0.2, 0) is 16.1 Å². The molecule has 0 aliphatic carbocycles. The molecule has 0 radical (unpaired) electrons. The summed E-state index contributed by atoms with van der Waals surface area (Å²) in [5.74, 6) is -0.127. The first-order chi connectivity index (χ1) is 11.8. The van der Waals surface area contributed by atoms with E-state index in [4.69, 9.17) is 4.74 Å². The van der Waals surface area contributed by atoms with Gasteiger partial charge in [-0.15, -0.1) is 0 Å². The number of ether oxygens (including phenoxy) is 1. The molecule has 0 fully saturated rings. The molecule has 3 rings (SSSR count). The zero-order chi connectivity index (χ0) is 16.6. The van der Waals surface area contributed by atoms with Crippen molar-refractivity contribution in [1.29, 1.82) is 0 Å². The molecule has 3 aromatic rings. The van der Waals surface area contributed by atoms with Gasteiger partial charge >= 0.3 is 0 Å². The van der Waals surface area contributed by atoms with Crippen LogP contribution in [0.4, 0.5) is 0 Å². The van der Waals surface area contributed by atoms with Gasteiger partial charge in [-0.1, -0.05) is 30.3 Å². The number of hydrogen-bond acceptors (Lipinski definition) is 4. The van der Waals surface area contributed by atoms with Crippen LogP contribution < -0.4 is 5.32 Å². The van der Waals surface area contributed by atoms with Crippen LogP contribution in [-0.4, -0.2) is 28.8 Å². The Balaban J connectivity index is 1.49. The molecule has 1 amide bonds. The normalized spacial score (nSPS) is 12.0. The van der Waals surface area contributed by atoms with E-state index < -0.39 is 0 Å². The van der Waals surface area contributed by atoms with Crippen molar-refractivity contribution in [2.24, 2.45) is 0 Å². The molecular formula is C18H19N3O2S. The summed E-state index contributed by atoms with van der Waals surface area (Å²) in [5.41, 5.74) is 2.19. The van der Waals surface area contributed by atoms with Gasteiger partial charge in [0, 0.05) is 18.9 Å². The highest BCUT2D eigenvalue weighted by Gasteiger charge is 2.15. The highest BCUT2D eigenvalue weighted by molar-refractivity contribution is 7.07. The van der Waals surface area contributed by atoms with Crippen LogP contribution in [0.3, 0.4) is 0 Å². The topological polar surface area (TPSA) is 56.1 Å². The minimum Gasteiger partial charge on any atom is -0.367 e. The molecular weight excluding hydrogens is 322 g/mol. The van der Waals surface area contributed by atoms with E-state index in [1.54, 1.807) is 17.5 Å². The Morgan fingerprint density at radius 3 is 2.83 bits per heavy atom. The molecule has 1 atom stereocenters. The molecule has 2 heterocycles. The van der Waals surface area contributed by atoms with Crippen LogP contribution >= 0.6 is 11.3 Å². The fourth-order valence-electron chi connectivity index (χ4n) is 2.39. The lowest BCUT2D eigenvalue weighted by Crippen LogP contribution is -2.33. The van der Waals surface area contributed by atoms with Gasteiger partial charge in [0.05, 0.1) is 12.6 Å². The quantitative estimate of drug-likeness (QED) is 0.685. The highest BCUT2D eigenvalue weighted by atomic mass is 32.1. The van der Waals surface area contributed by atoms with Crippen LogP contribution in [0.15, 0.2) is 65.6 Å². The van der Waals surface area contributed by atoms with Gasteiger partial charge in [-0.05, 0) is 34.0 Å². The molecule has 6 heteroatoms. The Morgan fingerprint density at radius 1 is 1.25 bits per heavy atom. The Morgan fingerprint density at radius 2 is 2.12 bits per heavy atom. The molecule has 1 aromatic carbocycles. The SMILES string of the molecule is O=C(COCc1ccccc1)NC[C@H](c1ccsc1)n1cccn1. The lowest BCUT2D eigenvalue weighted by molar-refractivity contribution is -0.126. The molecule has 0 saturated heterocycles. The van der Waals surface area contributed by atoms with E-state index in [9.17, 15) is 4.79 Å².